The van der Waals surface area contributed by atoms with Crippen molar-refractivity contribution in [1.29, 1.82) is 0 Å². The number of halogens is 1. The van der Waals surface area contributed by atoms with E-state index in [-0.39, 0.29) is 4.90 Å². The van der Waals surface area contributed by atoms with Crippen molar-refractivity contribution in [1.82, 2.24) is 4.72 Å². The molecule has 1 amide bonds. The SMILES string of the molecule is Cc1ccc(NC(=O)[C@H](C)NS(=O)(=O)c2ccc(Br)cc2)cc1. The molecule has 0 unspecified atom stereocenters. The molecule has 0 radical (unpaired) electrons. The quantitative estimate of drug-likeness (QED) is 0.815. The van der Waals surface area contributed by atoms with Crippen molar-refractivity contribution < 1.29 is 13.2 Å². The first kappa shape index (κ1) is 17.7. The number of hydrogen-bond acceptors (Lipinski definition) is 3. The van der Waals surface area contributed by atoms with Crippen molar-refractivity contribution in [2.75, 3.05) is 5.32 Å². The molecule has 0 aliphatic rings. The van der Waals surface area contributed by atoms with Gasteiger partial charge in [0.2, 0.25) is 15.9 Å². The number of sulfonamides is 1. The van der Waals surface area contributed by atoms with Gasteiger partial charge >= 0.3 is 0 Å². The zero-order chi connectivity index (χ0) is 17.0. The molecular weight excluding hydrogens is 380 g/mol. The number of amides is 1. The van der Waals surface area contributed by atoms with Crippen LogP contribution in [0.15, 0.2) is 57.9 Å². The molecule has 0 saturated carbocycles. The molecule has 0 heterocycles. The Kier molecular flexibility index (Phi) is 5.56. The smallest absolute Gasteiger partial charge is 0.242 e. The van der Waals surface area contributed by atoms with Gasteiger partial charge in [-0.05, 0) is 50.2 Å². The number of carbonyl (C=O) groups excluding carboxylic acids is 1. The van der Waals surface area contributed by atoms with Gasteiger partial charge in [0, 0.05) is 10.2 Å². The Morgan fingerprint density at radius 1 is 1.04 bits per heavy atom. The Hall–Kier alpha value is -1.70. The van der Waals surface area contributed by atoms with E-state index in [1.54, 1.807) is 24.3 Å². The monoisotopic (exact) mass is 396 g/mol. The summed E-state index contributed by atoms with van der Waals surface area (Å²) in [5.41, 5.74) is 1.70. The highest BCUT2D eigenvalue weighted by Gasteiger charge is 2.22. The third-order valence-corrected chi connectivity index (χ3v) is 5.25. The first-order valence-electron chi connectivity index (χ1n) is 6.93. The van der Waals surface area contributed by atoms with E-state index in [0.29, 0.717) is 5.69 Å². The maximum atomic E-state index is 12.2. The minimum atomic E-state index is -3.75. The van der Waals surface area contributed by atoms with E-state index in [4.69, 9.17) is 0 Å². The highest BCUT2D eigenvalue weighted by molar-refractivity contribution is 9.10. The van der Waals surface area contributed by atoms with Crippen molar-refractivity contribution in [3.63, 3.8) is 0 Å². The lowest BCUT2D eigenvalue weighted by Gasteiger charge is -2.14. The van der Waals surface area contributed by atoms with Crippen LogP contribution in [0.3, 0.4) is 0 Å². The predicted octanol–water partition coefficient (Wildman–Crippen LogP) is 3.06. The van der Waals surface area contributed by atoms with E-state index in [0.717, 1.165) is 10.0 Å². The van der Waals surface area contributed by atoms with Crippen molar-refractivity contribution in [3.8, 4) is 0 Å². The van der Waals surface area contributed by atoms with E-state index in [1.165, 1.54) is 19.1 Å². The Balaban J connectivity index is 2.05. The summed E-state index contributed by atoms with van der Waals surface area (Å²) in [6, 6.07) is 12.6. The third-order valence-electron chi connectivity index (χ3n) is 3.17. The molecule has 0 bridgehead atoms. The van der Waals surface area contributed by atoms with E-state index < -0.39 is 22.0 Å². The summed E-state index contributed by atoms with van der Waals surface area (Å²) in [4.78, 5) is 12.2. The number of carbonyl (C=O) groups is 1. The molecule has 0 spiro atoms. The van der Waals surface area contributed by atoms with E-state index in [9.17, 15) is 13.2 Å². The minimum Gasteiger partial charge on any atom is -0.325 e. The Morgan fingerprint density at radius 2 is 1.61 bits per heavy atom. The number of aryl methyl sites for hydroxylation is 1. The van der Waals surface area contributed by atoms with Gasteiger partial charge in [0.1, 0.15) is 0 Å². The molecule has 2 N–H and O–H groups in total. The molecule has 2 rings (SSSR count). The lowest BCUT2D eigenvalue weighted by Crippen LogP contribution is -2.41. The normalized spacial score (nSPS) is 12.7. The second kappa shape index (κ2) is 7.25. The van der Waals surface area contributed by atoms with Gasteiger partial charge in [-0.1, -0.05) is 33.6 Å². The van der Waals surface area contributed by atoms with Gasteiger partial charge in [0.15, 0.2) is 0 Å². The second-order valence-electron chi connectivity index (χ2n) is 5.15. The zero-order valence-electron chi connectivity index (χ0n) is 12.7. The van der Waals surface area contributed by atoms with Gasteiger partial charge in [-0.2, -0.15) is 4.72 Å². The molecule has 5 nitrogen and oxygen atoms in total. The molecular formula is C16H17BrN2O3S. The number of anilines is 1. The van der Waals surface area contributed by atoms with Crippen LogP contribution in [-0.4, -0.2) is 20.4 Å². The van der Waals surface area contributed by atoms with Crippen LogP contribution in [0.5, 0.6) is 0 Å². The van der Waals surface area contributed by atoms with Gasteiger partial charge in [-0.25, -0.2) is 8.42 Å². The molecule has 2 aromatic rings. The van der Waals surface area contributed by atoms with Crippen molar-refractivity contribution >= 4 is 37.5 Å². The number of hydrogen-bond donors (Lipinski definition) is 2. The standard InChI is InChI=1S/C16H17BrN2O3S/c1-11-3-7-14(8-4-11)18-16(20)12(2)19-23(21,22)15-9-5-13(17)6-10-15/h3-10,12,19H,1-2H3,(H,18,20)/t12-/m0/s1. The van der Waals surface area contributed by atoms with E-state index in [1.807, 2.05) is 19.1 Å². The van der Waals surface area contributed by atoms with Gasteiger partial charge < -0.3 is 5.32 Å². The van der Waals surface area contributed by atoms with Crippen LogP contribution in [0.2, 0.25) is 0 Å². The van der Waals surface area contributed by atoms with Crippen LogP contribution in [0, 0.1) is 6.92 Å². The maximum absolute atomic E-state index is 12.2. The van der Waals surface area contributed by atoms with E-state index >= 15 is 0 Å². The molecule has 122 valence electrons. The van der Waals surface area contributed by atoms with Crippen LogP contribution in [0.4, 0.5) is 5.69 Å². The highest BCUT2D eigenvalue weighted by Crippen LogP contribution is 2.15. The lowest BCUT2D eigenvalue weighted by molar-refractivity contribution is -0.117. The Morgan fingerprint density at radius 3 is 2.17 bits per heavy atom. The number of rotatable bonds is 5. The second-order valence-corrected chi connectivity index (χ2v) is 7.78. The Bertz CT molecular complexity index is 787. The van der Waals surface area contributed by atoms with Gasteiger partial charge in [-0.15, -0.1) is 0 Å². The summed E-state index contributed by atoms with van der Waals surface area (Å²) < 4.78 is 27.6. The average molecular weight is 397 g/mol. The van der Waals surface area contributed by atoms with Crippen LogP contribution in [0.25, 0.3) is 0 Å². The molecule has 2 aromatic carbocycles. The summed E-state index contributed by atoms with van der Waals surface area (Å²) in [7, 11) is -3.75. The van der Waals surface area contributed by atoms with E-state index in [2.05, 4.69) is 26.0 Å². The number of nitrogens with one attached hydrogen (secondary N) is 2. The first-order valence-corrected chi connectivity index (χ1v) is 9.21. The van der Waals surface area contributed by atoms with Crippen molar-refractivity contribution in [2.45, 2.75) is 24.8 Å². The molecule has 0 aliphatic heterocycles. The van der Waals surface area contributed by atoms with Crippen LogP contribution in [0.1, 0.15) is 12.5 Å². The number of benzene rings is 2. The molecule has 1 atom stereocenters. The minimum absolute atomic E-state index is 0.107. The van der Waals surface area contributed by atoms with Crippen LogP contribution < -0.4 is 10.0 Å². The van der Waals surface area contributed by atoms with Crippen LogP contribution in [-0.2, 0) is 14.8 Å². The summed E-state index contributed by atoms with van der Waals surface area (Å²) in [5, 5.41) is 2.68. The fourth-order valence-electron chi connectivity index (χ4n) is 1.86. The summed E-state index contributed by atoms with van der Waals surface area (Å²) in [6.45, 7) is 3.44. The fourth-order valence-corrected chi connectivity index (χ4v) is 3.32. The molecule has 0 saturated heterocycles. The van der Waals surface area contributed by atoms with Gasteiger partial charge in [0.25, 0.3) is 0 Å². The molecule has 7 heteroatoms. The Labute approximate surface area is 144 Å². The molecule has 0 aromatic heterocycles. The highest BCUT2D eigenvalue weighted by atomic mass is 79.9. The first-order chi connectivity index (χ1) is 10.8. The largest absolute Gasteiger partial charge is 0.325 e. The third kappa shape index (κ3) is 4.89. The van der Waals surface area contributed by atoms with Crippen molar-refractivity contribution in [3.05, 3.63) is 58.6 Å². The molecule has 23 heavy (non-hydrogen) atoms. The molecule has 0 fully saturated rings. The van der Waals surface area contributed by atoms with Crippen LogP contribution >= 0.6 is 15.9 Å². The van der Waals surface area contributed by atoms with Gasteiger partial charge in [0.05, 0.1) is 10.9 Å². The maximum Gasteiger partial charge on any atom is 0.242 e. The fraction of sp³-hybridized carbons (Fsp3) is 0.188. The topological polar surface area (TPSA) is 75.3 Å². The zero-order valence-corrected chi connectivity index (χ0v) is 15.1. The summed E-state index contributed by atoms with van der Waals surface area (Å²) in [6.07, 6.45) is 0. The van der Waals surface area contributed by atoms with Gasteiger partial charge in [-0.3, -0.25) is 4.79 Å². The van der Waals surface area contributed by atoms with Crippen molar-refractivity contribution in [2.24, 2.45) is 0 Å². The average Bonchev–Trinajstić information content (AvgIpc) is 2.49. The lowest BCUT2D eigenvalue weighted by atomic mass is 10.2. The predicted molar refractivity (Wildman–Crippen MR) is 93.7 cm³/mol. The summed E-state index contributed by atoms with van der Waals surface area (Å²) >= 11 is 3.25. The molecule has 0 aliphatic carbocycles. The summed E-state index contributed by atoms with van der Waals surface area (Å²) in [5.74, 6) is -0.422.